The quantitative estimate of drug-likeness (QED) is 0.321. The number of hydrogen-bond donors (Lipinski definition) is 1. The van der Waals surface area contributed by atoms with E-state index in [2.05, 4.69) is 30.2 Å². The van der Waals surface area contributed by atoms with Gasteiger partial charge in [-0.15, -0.1) is 0 Å². The van der Waals surface area contributed by atoms with Crippen LogP contribution in [0.2, 0.25) is 0 Å². The van der Waals surface area contributed by atoms with E-state index in [-0.39, 0.29) is 35.4 Å². The van der Waals surface area contributed by atoms with Gasteiger partial charge in [-0.3, -0.25) is 4.98 Å². The van der Waals surface area contributed by atoms with Crippen molar-refractivity contribution in [1.82, 2.24) is 24.9 Å². The molecule has 0 aliphatic carbocycles. The van der Waals surface area contributed by atoms with Gasteiger partial charge in [0.05, 0.1) is 0 Å². The highest BCUT2D eigenvalue weighted by molar-refractivity contribution is 5.57. The summed E-state index contributed by atoms with van der Waals surface area (Å²) in [6.45, 7) is 2.44. The van der Waals surface area contributed by atoms with E-state index in [4.69, 9.17) is 0 Å². The molecule has 1 N–H and O–H groups in total. The van der Waals surface area contributed by atoms with Gasteiger partial charge in [-0.1, -0.05) is 13.0 Å². The summed E-state index contributed by atoms with van der Waals surface area (Å²) < 4.78 is 105. The van der Waals surface area contributed by atoms with Gasteiger partial charge in [0.2, 0.25) is 11.9 Å². The lowest BCUT2D eigenvalue weighted by Crippen LogP contribution is -2.15. The first-order valence-electron chi connectivity index (χ1n) is 10.6. The number of rotatable bonds is 8. The lowest BCUT2D eigenvalue weighted by Gasteiger charge is -2.18. The van der Waals surface area contributed by atoms with Crippen LogP contribution >= 0.6 is 0 Å². The Morgan fingerprint density at radius 1 is 0.861 bits per heavy atom. The molecule has 3 rings (SSSR count). The van der Waals surface area contributed by atoms with Crippen LogP contribution in [0.3, 0.4) is 0 Å². The smallest absolute Gasteiger partial charge is 0.324 e. The van der Waals surface area contributed by atoms with E-state index >= 15 is 0 Å². The van der Waals surface area contributed by atoms with Crippen molar-refractivity contribution in [3.63, 3.8) is 0 Å². The zero-order valence-electron chi connectivity index (χ0n) is 18.9. The van der Waals surface area contributed by atoms with E-state index in [1.54, 1.807) is 6.92 Å². The predicted molar refractivity (Wildman–Crippen MR) is 113 cm³/mol. The summed E-state index contributed by atoms with van der Waals surface area (Å²) in [5.41, 5.74) is -2.79. The molecule has 3 heterocycles. The van der Waals surface area contributed by atoms with Crippen LogP contribution in [0.25, 0.3) is 11.5 Å². The number of hydrogen-bond acceptors (Lipinski definition) is 6. The summed E-state index contributed by atoms with van der Waals surface area (Å²) in [6, 6.07) is 4.96. The Morgan fingerprint density at radius 3 is 2.17 bits per heavy atom. The maximum atomic E-state index is 13.5. The number of anilines is 2. The van der Waals surface area contributed by atoms with Crippen molar-refractivity contribution in [2.24, 2.45) is 0 Å². The van der Waals surface area contributed by atoms with Crippen LogP contribution in [0.1, 0.15) is 56.2 Å². The average Bonchev–Trinajstić information content (AvgIpc) is 2.78. The molecule has 0 saturated heterocycles. The van der Waals surface area contributed by atoms with Gasteiger partial charge in [-0.25, -0.2) is 18.7 Å². The number of halogens is 8. The predicted octanol–water partition coefficient (Wildman–Crippen LogP) is 7.04. The molecule has 1 atom stereocenters. The Kier molecular flexibility index (Phi) is 7.74. The van der Waals surface area contributed by atoms with Crippen molar-refractivity contribution >= 4 is 11.6 Å². The van der Waals surface area contributed by atoms with Gasteiger partial charge in [0.25, 0.3) is 0 Å². The fourth-order valence-electron chi connectivity index (χ4n) is 3.20. The van der Waals surface area contributed by atoms with Crippen LogP contribution in [0, 0.1) is 0 Å². The van der Waals surface area contributed by atoms with E-state index in [1.165, 1.54) is 12.1 Å². The molecule has 0 fully saturated rings. The summed E-state index contributed by atoms with van der Waals surface area (Å²) in [7, 11) is 0. The zero-order chi connectivity index (χ0) is 26.7. The molecule has 1 unspecified atom stereocenters. The summed E-state index contributed by atoms with van der Waals surface area (Å²) >= 11 is 0. The minimum atomic E-state index is -4.75. The fourth-order valence-corrected chi connectivity index (χ4v) is 3.20. The van der Waals surface area contributed by atoms with Gasteiger partial charge < -0.3 is 5.32 Å². The first-order chi connectivity index (χ1) is 16.7. The maximum absolute atomic E-state index is 13.5. The summed E-state index contributed by atoms with van der Waals surface area (Å²) in [5, 5.41) is 2.56. The topological polar surface area (TPSA) is 76.5 Å². The maximum Gasteiger partial charge on any atom is 0.433 e. The number of alkyl halides is 8. The molecule has 0 aliphatic rings. The van der Waals surface area contributed by atoms with E-state index < -0.39 is 42.0 Å². The minimum absolute atomic E-state index is 0.0152. The van der Waals surface area contributed by atoms with E-state index in [1.807, 2.05) is 0 Å². The van der Waals surface area contributed by atoms with Crippen molar-refractivity contribution in [2.75, 3.05) is 5.32 Å². The molecule has 3 aromatic rings. The highest BCUT2D eigenvalue weighted by Gasteiger charge is 2.34. The van der Waals surface area contributed by atoms with Crippen molar-refractivity contribution < 1.29 is 35.1 Å². The number of nitrogens with one attached hydrogen (secondary N) is 1. The lowest BCUT2D eigenvalue weighted by molar-refractivity contribution is -0.141. The third-order valence-corrected chi connectivity index (χ3v) is 5.02. The molecule has 0 spiro atoms. The number of aromatic nitrogens is 5. The standard InChI is InChI=1S/C22H20F8N6/c1-3-12(7-9-20(2,23)24)17-34-18(14-5-4-6-15(33-14)21(25,26)27)36-19(35-17)32-13-8-10-31-16(11-13)22(28,29)30/h4-6,8,10-12H,3,7,9H2,1-2H3,(H,31,32,34,35,36). The van der Waals surface area contributed by atoms with E-state index in [9.17, 15) is 35.1 Å². The molecule has 0 bridgehead atoms. The normalized spacial score (nSPS) is 13.5. The van der Waals surface area contributed by atoms with Crippen molar-refractivity contribution in [1.29, 1.82) is 0 Å². The Hall–Kier alpha value is -3.45. The largest absolute Gasteiger partial charge is 0.433 e. The Balaban J connectivity index is 2.07. The van der Waals surface area contributed by atoms with Crippen LogP contribution < -0.4 is 5.32 Å². The minimum Gasteiger partial charge on any atom is -0.324 e. The van der Waals surface area contributed by atoms with Gasteiger partial charge in [-0.05, 0) is 44.0 Å². The second-order valence-electron chi connectivity index (χ2n) is 8.01. The van der Waals surface area contributed by atoms with Crippen LogP contribution in [0.15, 0.2) is 36.5 Å². The van der Waals surface area contributed by atoms with E-state index in [0.717, 1.165) is 25.3 Å². The molecule has 36 heavy (non-hydrogen) atoms. The second kappa shape index (κ2) is 10.3. The molecule has 194 valence electrons. The Labute approximate surface area is 200 Å². The van der Waals surface area contributed by atoms with Crippen molar-refractivity contribution in [3.8, 4) is 11.5 Å². The highest BCUT2D eigenvalue weighted by Crippen LogP contribution is 2.33. The highest BCUT2D eigenvalue weighted by atomic mass is 19.4. The van der Waals surface area contributed by atoms with Crippen LogP contribution in [-0.2, 0) is 12.4 Å². The molecule has 0 saturated carbocycles. The first kappa shape index (κ1) is 27.1. The van der Waals surface area contributed by atoms with Gasteiger partial charge in [0, 0.05) is 24.2 Å². The van der Waals surface area contributed by atoms with Crippen LogP contribution in [0.4, 0.5) is 46.8 Å². The van der Waals surface area contributed by atoms with Gasteiger partial charge in [0.1, 0.15) is 22.9 Å². The van der Waals surface area contributed by atoms with Crippen LogP contribution in [-0.4, -0.2) is 30.8 Å². The third kappa shape index (κ3) is 7.28. The molecule has 6 nitrogen and oxygen atoms in total. The molecule has 14 heteroatoms. The molecular weight excluding hydrogens is 500 g/mol. The molecule has 0 radical (unpaired) electrons. The number of pyridine rings is 2. The molecule has 0 aromatic carbocycles. The van der Waals surface area contributed by atoms with Gasteiger partial charge in [0.15, 0.2) is 5.82 Å². The molecule has 0 aliphatic heterocycles. The van der Waals surface area contributed by atoms with Crippen molar-refractivity contribution in [3.05, 3.63) is 53.7 Å². The summed E-state index contributed by atoms with van der Waals surface area (Å²) in [6.07, 6.45) is -8.82. The molecule has 0 amide bonds. The monoisotopic (exact) mass is 520 g/mol. The van der Waals surface area contributed by atoms with Crippen LogP contribution in [0.5, 0.6) is 0 Å². The molecular formula is C22H20F8N6. The second-order valence-corrected chi connectivity index (χ2v) is 8.01. The summed E-state index contributed by atoms with van der Waals surface area (Å²) in [5.74, 6) is -4.22. The average molecular weight is 520 g/mol. The van der Waals surface area contributed by atoms with Gasteiger partial charge >= 0.3 is 12.4 Å². The first-order valence-corrected chi connectivity index (χ1v) is 10.6. The fraction of sp³-hybridized carbons (Fsp3) is 0.409. The third-order valence-electron chi connectivity index (χ3n) is 5.02. The van der Waals surface area contributed by atoms with E-state index in [0.29, 0.717) is 12.5 Å². The summed E-state index contributed by atoms with van der Waals surface area (Å²) in [4.78, 5) is 19.1. The zero-order valence-corrected chi connectivity index (χ0v) is 18.9. The molecule has 3 aromatic heterocycles. The number of nitrogens with zero attached hydrogens (tertiary/aromatic N) is 5. The Bertz CT molecular complexity index is 1190. The van der Waals surface area contributed by atoms with Crippen molar-refractivity contribution in [2.45, 2.75) is 57.3 Å². The van der Waals surface area contributed by atoms with Gasteiger partial charge in [-0.2, -0.15) is 36.3 Å². The SMILES string of the molecule is CCC(CCC(C)(F)F)c1nc(Nc2ccnc(C(F)(F)F)c2)nc(-c2cccc(C(F)(F)F)n2)n1. The lowest BCUT2D eigenvalue weighted by atomic mass is 9.97. The Morgan fingerprint density at radius 2 is 1.56 bits per heavy atom.